The second-order valence-corrected chi connectivity index (χ2v) is 7.38. The van der Waals surface area contributed by atoms with Crippen LogP contribution in [0.1, 0.15) is 25.6 Å². The molecule has 2 N–H and O–H groups in total. The third-order valence-electron chi connectivity index (χ3n) is 5.51. The van der Waals surface area contributed by atoms with Crippen LogP contribution in [0.2, 0.25) is 0 Å². The van der Waals surface area contributed by atoms with Crippen molar-refractivity contribution in [3.05, 3.63) is 42.1 Å². The first kappa shape index (κ1) is 22.7. The Bertz CT molecular complexity index is 968. The molecular weight excluding hydrogens is 420 g/mol. The molecule has 11 heteroatoms. The molecule has 0 radical (unpaired) electrons. The molecule has 1 fully saturated rings. The van der Waals surface area contributed by atoms with E-state index >= 15 is 0 Å². The van der Waals surface area contributed by atoms with E-state index in [1.165, 1.54) is 12.1 Å². The topological polar surface area (TPSA) is 87.5 Å². The van der Waals surface area contributed by atoms with Gasteiger partial charge in [-0.25, -0.2) is 14.2 Å². The third kappa shape index (κ3) is 4.55. The molecule has 31 heavy (non-hydrogen) atoms. The highest BCUT2D eigenvalue weighted by atomic mass is 19.4. The monoisotopic (exact) mass is 442 g/mol. The van der Waals surface area contributed by atoms with E-state index in [9.17, 15) is 22.4 Å². The van der Waals surface area contributed by atoms with Gasteiger partial charge in [0.05, 0.1) is 11.9 Å². The highest BCUT2D eigenvalue weighted by molar-refractivity contribution is 5.75. The number of aliphatic carboxylic acids is 1. The lowest BCUT2D eigenvalue weighted by Gasteiger charge is -2.49. The van der Waals surface area contributed by atoms with Gasteiger partial charge >= 0.3 is 12.1 Å². The van der Waals surface area contributed by atoms with Crippen molar-refractivity contribution in [3.63, 3.8) is 0 Å². The number of piperidine rings is 1. The number of hydrogen-bond donors (Lipinski definition) is 2. The predicted octanol–water partition coefficient (Wildman–Crippen LogP) is 2.76. The van der Waals surface area contributed by atoms with Crippen LogP contribution < -0.4 is 5.32 Å². The Hall–Kier alpha value is -2.95. The lowest BCUT2D eigenvalue weighted by Crippen LogP contribution is -2.58. The second-order valence-electron chi connectivity index (χ2n) is 7.38. The van der Waals surface area contributed by atoms with Gasteiger partial charge in [-0.2, -0.15) is 13.2 Å². The van der Waals surface area contributed by atoms with Gasteiger partial charge in [0.1, 0.15) is 17.2 Å². The lowest BCUT2D eigenvalue weighted by molar-refractivity contribution is -0.192. The highest BCUT2D eigenvalue weighted by Crippen LogP contribution is 2.41. The predicted molar refractivity (Wildman–Crippen MR) is 102 cm³/mol. The van der Waals surface area contributed by atoms with Crippen LogP contribution in [-0.4, -0.2) is 57.2 Å². The molecular formula is C20H22F4N4O3. The second kappa shape index (κ2) is 8.66. The number of amides is 1. The van der Waals surface area contributed by atoms with Crippen molar-refractivity contribution in [2.24, 2.45) is 0 Å². The number of nitrogens with one attached hydrogen (secondary N) is 1. The van der Waals surface area contributed by atoms with Crippen molar-refractivity contribution in [1.82, 2.24) is 19.8 Å². The molecule has 7 nitrogen and oxygen atoms in total. The summed E-state index contributed by atoms with van der Waals surface area (Å²) < 4.78 is 47.5. The van der Waals surface area contributed by atoms with Gasteiger partial charge in [0.2, 0.25) is 5.91 Å². The van der Waals surface area contributed by atoms with Gasteiger partial charge in [0.15, 0.2) is 0 Å². The number of carbonyl (C=O) groups excluding carboxylic acids is 1. The summed E-state index contributed by atoms with van der Waals surface area (Å²) in [7, 11) is 0. The fourth-order valence-electron chi connectivity index (χ4n) is 4.18. The third-order valence-corrected chi connectivity index (χ3v) is 5.51. The van der Waals surface area contributed by atoms with Crippen molar-refractivity contribution < 1.29 is 32.3 Å². The zero-order valence-corrected chi connectivity index (χ0v) is 16.7. The number of rotatable bonds is 1. The fourth-order valence-corrected chi connectivity index (χ4v) is 4.18. The summed E-state index contributed by atoms with van der Waals surface area (Å²) in [6.07, 6.45) is -1.56. The van der Waals surface area contributed by atoms with Crippen LogP contribution in [0, 0.1) is 5.82 Å². The minimum Gasteiger partial charge on any atom is -0.475 e. The summed E-state index contributed by atoms with van der Waals surface area (Å²) in [5.41, 5.74) is 1.40. The standard InChI is InChI=1S/C18H21FN4O.C2HF3O2/c1-13(24)23-10-9-22-16(14-3-2-4-15(19)11-14)12-21-17(22)18(23)5-7-20-8-6-18;3-2(4,5)1(6)7/h2-4,11-12,20H,5-10H2,1H3;(H,6,7). The zero-order chi connectivity index (χ0) is 22.8. The number of alkyl halides is 3. The van der Waals surface area contributed by atoms with Crippen molar-refractivity contribution in [2.45, 2.75) is 38.0 Å². The normalized spacial score (nSPS) is 17.5. The van der Waals surface area contributed by atoms with Crippen LogP contribution in [0.4, 0.5) is 17.6 Å². The van der Waals surface area contributed by atoms with Crippen molar-refractivity contribution in [2.75, 3.05) is 19.6 Å². The van der Waals surface area contributed by atoms with Crippen LogP contribution in [-0.2, 0) is 21.7 Å². The molecule has 1 spiro atoms. The maximum atomic E-state index is 13.6. The summed E-state index contributed by atoms with van der Waals surface area (Å²) in [4.78, 5) is 27.8. The maximum Gasteiger partial charge on any atom is 0.490 e. The van der Waals surface area contributed by atoms with Gasteiger partial charge in [-0.3, -0.25) is 4.79 Å². The number of aromatic nitrogens is 2. The Kier molecular flexibility index (Phi) is 6.35. The van der Waals surface area contributed by atoms with E-state index in [1.54, 1.807) is 13.0 Å². The minimum absolute atomic E-state index is 0.0958. The van der Waals surface area contributed by atoms with E-state index in [2.05, 4.69) is 9.88 Å². The van der Waals surface area contributed by atoms with Crippen LogP contribution in [0.15, 0.2) is 30.5 Å². The molecule has 0 aliphatic carbocycles. The van der Waals surface area contributed by atoms with Crippen molar-refractivity contribution in [1.29, 1.82) is 0 Å². The van der Waals surface area contributed by atoms with Gasteiger partial charge in [-0.05, 0) is 38.1 Å². The number of carboxylic acids is 1. The molecule has 3 heterocycles. The van der Waals surface area contributed by atoms with Gasteiger partial charge in [0.25, 0.3) is 0 Å². The number of halogens is 4. The first-order valence-corrected chi connectivity index (χ1v) is 9.67. The average Bonchev–Trinajstić information content (AvgIpc) is 3.14. The van der Waals surface area contributed by atoms with Crippen molar-refractivity contribution >= 4 is 11.9 Å². The molecule has 0 unspecified atom stereocenters. The molecule has 0 saturated carbocycles. The first-order valence-electron chi connectivity index (χ1n) is 9.67. The zero-order valence-electron chi connectivity index (χ0n) is 16.7. The van der Waals surface area contributed by atoms with E-state index in [4.69, 9.17) is 14.9 Å². The summed E-state index contributed by atoms with van der Waals surface area (Å²) in [5, 5.41) is 10.5. The molecule has 2 aliphatic rings. The summed E-state index contributed by atoms with van der Waals surface area (Å²) in [6.45, 7) is 4.73. The molecule has 168 valence electrons. The van der Waals surface area contributed by atoms with Gasteiger partial charge in [0, 0.05) is 25.6 Å². The van der Waals surface area contributed by atoms with Crippen LogP contribution in [0.25, 0.3) is 11.3 Å². The smallest absolute Gasteiger partial charge is 0.475 e. The molecule has 0 bridgehead atoms. The highest BCUT2D eigenvalue weighted by Gasteiger charge is 2.47. The van der Waals surface area contributed by atoms with Crippen LogP contribution in [0.5, 0.6) is 0 Å². The van der Waals surface area contributed by atoms with Gasteiger partial charge in [-0.15, -0.1) is 0 Å². The summed E-state index contributed by atoms with van der Waals surface area (Å²) in [5.74, 6) is -1.98. The van der Waals surface area contributed by atoms with Crippen LogP contribution >= 0.6 is 0 Å². The molecule has 2 aromatic rings. The molecule has 0 atom stereocenters. The number of carboxylic acid groups (broad SMARTS) is 1. The number of nitrogens with zero attached hydrogens (tertiary/aromatic N) is 3. The molecule has 1 saturated heterocycles. The van der Waals surface area contributed by atoms with E-state index in [1.807, 2.05) is 17.2 Å². The maximum absolute atomic E-state index is 13.6. The molecule has 1 aromatic carbocycles. The van der Waals surface area contributed by atoms with E-state index in [0.29, 0.717) is 13.1 Å². The average molecular weight is 442 g/mol. The molecule has 2 aliphatic heterocycles. The summed E-state index contributed by atoms with van der Waals surface area (Å²) in [6, 6.07) is 6.61. The van der Waals surface area contributed by atoms with Gasteiger partial charge in [-0.1, -0.05) is 12.1 Å². The number of fused-ring (bicyclic) bond motifs is 2. The molecule has 1 amide bonds. The number of imidazole rings is 1. The van der Waals surface area contributed by atoms with E-state index in [-0.39, 0.29) is 17.3 Å². The largest absolute Gasteiger partial charge is 0.490 e. The lowest BCUT2D eigenvalue weighted by atomic mass is 9.83. The van der Waals surface area contributed by atoms with E-state index < -0.39 is 12.1 Å². The number of carbonyl (C=O) groups is 2. The molecule has 1 aromatic heterocycles. The van der Waals surface area contributed by atoms with E-state index in [0.717, 1.165) is 43.0 Å². The minimum atomic E-state index is -5.08. The quantitative estimate of drug-likeness (QED) is 0.664. The Morgan fingerprint density at radius 3 is 2.39 bits per heavy atom. The Morgan fingerprint density at radius 1 is 1.19 bits per heavy atom. The fraction of sp³-hybridized carbons (Fsp3) is 0.450. The Morgan fingerprint density at radius 2 is 1.84 bits per heavy atom. The van der Waals surface area contributed by atoms with Crippen LogP contribution in [0.3, 0.4) is 0 Å². The summed E-state index contributed by atoms with van der Waals surface area (Å²) >= 11 is 0. The van der Waals surface area contributed by atoms with Gasteiger partial charge < -0.3 is 19.9 Å². The molecule has 4 rings (SSSR count). The first-order chi connectivity index (χ1) is 14.6. The Labute approximate surface area is 175 Å². The van der Waals surface area contributed by atoms with Crippen molar-refractivity contribution in [3.8, 4) is 11.3 Å². The number of benzene rings is 1. The number of hydrogen-bond acceptors (Lipinski definition) is 4. The SMILES string of the molecule is CC(=O)N1CCn2c(-c3cccc(F)c3)cnc2C12CCNCC2.O=C(O)C(F)(F)F. The Balaban J connectivity index is 0.000000339.